The van der Waals surface area contributed by atoms with Gasteiger partial charge in [-0.15, -0.1) is 0 Å². The van der Waals surface area contributed by atoms with Crippen LogP contribution >= 0.6 is 0 Å². The monoisotopic (exact) mass is 345 g/mol. The van der Waals surface area contributed by atoms with Gasteiger partial charge in [-0.05, 0) is 43.9 Å². The first-order chi connectivity index (χ1) is 12.6. The smallest absolute Gasteiger partial charge is 0.227 e. The van der Waals surface area contributed by atoms with E-state index in [1.54, 1.807) is 4.52 Å². The number of para-hydroxylation sites is 1. The number of rotatable bonds is 3. The molecule has 130 valence electrons. The Bertz CT molecular complexity index is 1060. The molecule has 1 aliphatic rings. The van der Waals surface area contributed by atoms with E-state index in [0.717, 1.165) is 35.6 Å². The summed E-state index contributed by atoms with van der Waals surface area (Å²) in [4.78, 5) is 19.2. The molecule has 0 aliphatic carbocycles. The predicted molar refractivity (Wildman–Crippen MR) is 98.0 cm³/mol. The van der Waals surface area contributed by atoms with Gasteiger partial charge in [-0.1, -0.05) is 18.2 Å². The molecule has 0 atom stereocenters. The van der Waals surface area contributed by atoms with E-state index in [4.69, 9.17) is 5.26 Å². The molecule has 0 unspecified atom stereocenters. The number of carbonyl (C=O) groups is 1. The van der Waals surface area contributed by atoms with Crippen molar-refractivity contribution in [2.45, 2.75) is 33.1 Å². The normalized spacial score (nSPS) is 13.0. The molecule has 0 N–H and O–H groups in total. The van der Waals surface area contributed by atoms with Crippen LogP contribution in [0.25, 0.3) is 5.65 Å². The van der Waals surface area contributed by atoms with Crippen molar-refractivity contribution in [1.82, 2.24) is 14.6 Å². The van der Waals surface area contributed by atoms with Gasteiger partial charge in [-0.25, -0.2) is 9.50 Å². The zero-order chi connectivity index (χ0) is 18.3. The zero-order valence-electron chi connectivity index (χ0n) is 14.9. The molecule has 0 saturated heterocycles. The summed E-state index contributed by atoms with van der Waals surface area (Å²) < 4.78 is 1.69. The summed E-state index contributed by atoms with van der Waals surface area (Å²) in [5.74, 6) is 0.132. The van der Waals surface area contributed by atoms with Crippen molar-refractivity contribution in [1.29, 1.82) is 5.26 Å². The summed E-state index contributed by atoms with van der Waals surface area (Å²) in [6.07, 6.45) is 3.48. The van der Waals surface area contributed by atoms with Crippen molar-refractivity contribution in [3.05, 3.63) is 58.5 Å². The van der Waals surface area contributed by atoms with Gasteiger partial charge in [0.1, 0.15) is 11.6 Å². The first kappa shape index (κ1) is 16.3. The van der Waals surface area contributed by atoms with E-state index in [1.165, 1.54) is 11.8 Å². The van der Waals surface area contributed by atoms with Crippen molar-refractivity contribution < 1.29 is 4.79 Å². The average molecular weight is 345 g/mol. The topological polar surface area (TPSA) is 74.3 Å². The van der Waals surface area contributed by atoms with Gasteiger partial charge in [-0.2, -0.15) is 10.4 Å². The Morgan fingerprint density at radius 2 is 2.12 bits per heavy atom. The Kier molecular flexibility index (Phi) is 3.92. The van der Waals surface area contributed by atoms with Gasteiger partial charge < -0.3 is 4.90 Å². The molecule has 0 saturated carbocycles. The Balaban J connectivity index is 1.57. The number of hydrogen-bond donors (Lipinski definition) is 0. The summed E-state index contributed by atoms with van der Waals surface area (Å²) in [5, 5.41) is 13.4. The van der Waals surface area contributed by atoms with Crippen LogP contribution in [0.1, 0.15) is 34.5 Å². The van der Waals surface area contributed by atoms with Crippen LogP contribution in [-0.4, -0.2) is 27.0 Å². The second-order valence-corrected chi connectivity index (χ2v) is 6.59. The number of amides is 1. The molecule has 26 heavy (non-hydrogen) atoms. The second-order valence-electron chi connectivity index (χ2n) is 6.59. The molecule has 6 nitrogen and oxygen atoms in total. The fraction of sp³-hybridized carbons (Fsp3) is 0.300. The van der Waals surface area contributed by atoms with Gasteiger partial charge in [0.05, 0.1) is 6.20 Å². The van der Waals surface area contributed by atoms with Crippen LogP contribution in [0.2, 0.25) is 0 Å². The maximum atomic E-state index is 12.8. The highest BCUT2D eigenvalue weighted by Crippen LogP contribution is 2.28. The molecule has 2 aromatic heterocycles. The van der Waals surface area contributed by atoms with Crippen LogP contribution in [0, 0.1) is 25.2 Å². The average Bonchev–Trinajstić information content (AvgIpc) is 3.25. The van der Waals surface area contributed by atoms with Gasteiger partial charge >= 0.3 is 0 Å². The van der Waals surface area contributed by atoms with Gasteiger partial charge in [0, 0.05) is 30.0 Å². The molecule has 4 rings (SSSR count). The van der Waals surface area contributed by atoms with E-state index in [2.05, 4.69) is 22.2 Å². The van der Waals surface area contributed by atoms with Crippen LogP contribution in [0.4, 0.5) is 5.69 Å². The molecule has 1 aromatic carbocycles. The number of carbonyl (C=O) groups excluding carboxylic acids is 1. The summed E-state index contributed by atoms with van der Waals surface area (Å²) in [7, 11) is 0. The molecule has 0 bridgehead atoms. The van der Waals surface area contributed by atoms with Crippen LogP contribution in [-0.2, 0) is 17.6 Å². The van der Waals surface area contributed by atoms with Gasteiger partial charge in [0.15, 0.2) is 5.65 Å². The van der Waals surface area contributed by atoms with Crippen LogP contribution < -0.4 is 4.90 Å². The summed E-state index contributed by atoms with van der Waals surface area (Å²) >= 11 is 0. The number of nitrogens with zero attached hydrogens (tertiary/aromatic N) is 5. The lowest BCUT2D eigenvalue weighted by molar-refractivity contribution is -0.118. The first-order valence-electron chi connectivity index (χ1n) is 8.72. The molecule has 6 heteroatoms. The van der Waals surface area contributed by atoms with E-state index in [-0.39, 0.29) is 5.91 Å². The number of aryl methyl sites for hydroxylation is 2. The Labute approximate surface area is 151 Å². The largest absolute Gasteiger partial charge is 0.312 e. The maximum absolute atomic E-state index is 12.8. The molecular weight excluding hydrogens is 326 g/mol. The van der Waals surface area contributed by atoms with Crippen LogP contribution in [0.15, 0.2) is 30.5 Å². The summed E-state index contributed by atoms with van der Waals surface area (Å²) in [6.45, 7) is 4.63. The standard InChI is InChI=1S/C20H19N5O/c1-13-17(14(2)25-20(23-13)16(11-21)12-22-25)7-8-19(26)24-10-9-15-5-3-4-6-18(15)24/h3-6,12H,7-10H2,1-2H3. The zero-order valence-corrected chi connectivity index (χ0v) is 14.9. The van der Waals surface area contributed by atoms with E-state index in [9.17, 15) is 4.79 Å². The molecule has 0 spiro atoms. The van der Waals surface area contributed by atoms with Crippen LogP contribution in [0.3, 0.4) is 0 Å². The lowest BCUT2D eigenvalue weighted by Crippen LogP contribution is -2.29. The molecule has 1 amide bonds. The number of aromatic nitrogens is 3. The Hall–Kier alpha value is -3.20. The maximum Gasteiger partial charge on any atom is 0.227 e. The highest BCUT2D eigenvalue weighted by atomic mass is 16.2. The summed E-state index contributed by atoms with van der Waals surface area (Å²) in [6, 6.07) is 10.2. The van der Waals surface area contributed by atoms with Crippen molar-refractivity contribution >= 4 is 17.2 Å². The lowest BCUT2D eigenvalue weighted by Gasteiger charge is -2.18. The Morgan fingerprint density at radius 1 is 1.31 bits per heavy atom. The number of fused-ring (bicyclic) bond motifs is 2. The van der Waals surface area contributed by atoms with Crippen molar-refractivity contribution in [3.8, 4) is 6.07 Å². The number of nitriles is 1. The Morgan fingerprint density at radius 3 is 2.92 bits per heavy atom. The quantitative estimate of drug-likeness (QED) is 0.731. The SMILES string of the molecule is Cc1nc2c(C#N)cnn2c(C)c1CCC(=O)N1CCc2ccccc21. The molecular formula is C20H19N5O. The fourth-order valence-corrected chi connectivity index (χ4v) is 3.72. The molecule has 3 aromatic rings. The molecule has 0 fully saturated rings. The number of benzene rings is 1. The molecule has 3 heterocycles. The minimum absolute atomic E-state index is 0.132. The third kappa shape index (κ3) is 2.53. The highest BCUT2D eigenvalue weighted by Gasteiger charge is 2.24. The third-order valence-electron chi connectivity index (χ3n) is 5.11. The van der Waals surface area contributed by atoms with Crippen molar-refractivity contribution in [2.75, 3.05) is 11.4 Å². The first-order valence-corrected chi connectivity index (χ1v) is 8.72. The second kappa shape index (κ2) is 6.26. The number of hydrogen-bond acceptors (Lipinski definition) is 4. The fourth-order valence-electron chi connectivity index (χ4n) is 3.72. The van der Waals surface area contributed by atoms with Gasteiger partial charge in [-0.3, -0.25) is 4.79 Å². The van der Waals surface area contributed by atoms with E-state index < -0.39 is 0 Å². The lowest BCUT2D eigenvalue weighted by atomic mass is 10.1. The molecule has 1 aliphatic heterocycles. The van der Waals surface area contributed by atoms with Gasteiger partial charge in [0.25, 0.3) is 0 Å². The van der Waals surface area contributed by atoms with E-state index >= 15 is 0 Å². The molecule has 0 radical (unpaired) electrons. The van der Waals surface area contributed by atoms with E-state index in [1.807, 2.05) is 36.9 Å². The minimum Gasteiger partial charge on any atom is -0.312 e. The van der Waals surface area contributed by atoms with E-state index in [0.29, 0.717) is 24.1 Å². The van der Waals surface area contributed by atoms with Crippen molar-refractivity contribution in [3.63, 3.8) is 0 Å². The summed E-state index contributed by atoms with van der Waals surface area (Å²) in [5.41, 5.74) is 6.11. The minimum atomic E-state index is 0.132. The highest BCUT2D eigenvalue weighted by molar-refractivity contribution is 5.95. The van der Waals surface area contributed by atoms with Crippen LogP contribution in [0.5, 0.6) is 0 Å². The van der Waals surface area contributed by atoms with Gasteiger partial charge in [0.2, 0.25) is 5.91 Å². The number of anilines is 1. The third-order valence-corrected chi connectivity index (χ3v) is 5.11. The predicted octanol–water partition coefficient (Wildman–Crippen LogP) is 2.74. The van der Waals surface area contributed by atoms with Crippen molar-refractivity contribution in [2.24, 2.45) is 0 Å².